The van der Waals surface area contributed by atoms with E-state index in [0.717, 1.165) is 5.69 Å². The second kappa shape index (κ2) is 4.20. The largest absolute Gasteiger partial charge is 0.255 e. The molecule has 0 unspecified atom stereocenters. The number of nitrogens with zero attached hydrogens (tertiary/aromatic N) is 1. The molecule has 0 atom stereocenters. The van der Waals surface area contributed by atoms with E-state index in [1.807, 2.05) is 37.4 Å². The zero-order valence-corrected chi connectivity index (χ0v) is 8.79. The molecule has 1 nitrogen and oxygen atoms in total. The number of allylic oxidation sites excluding steroid dienone is 1. The van der Waals surface area contributed by atoms with Crippen LogP contribution in [-0.4, -0.2) is 4.98 Å². The third-order valence-corrected chi connectivity index (χ3v) is 2.87. The van der Waals surface area contributed by atoms with E-state index in [4.69, 9.17) is 0 Å². The summed E-state index contributed by atoms with van der Waals surface area (Å²) in [6, 6.07) is 8.14. The number of rotatable bonds is 2. The van der Waals surface area contributed by atoms with Crippen LogP contribution in [0.25, 0.3) is 16.6 Å². The molecule has 0 aliphatic rings. The fourth-order valence-corrected chi connectivity index (χ4v) is 2.13. The molecule has 2 aromatic heterocycles. The third-order valence-electron chi connectivity index (χ3n) is 1.90. The molecule has 0 amide bonds. The van der Waals surface area contributed by atoms with Crippen molar-refractivity contribution in [1.82, 2.24) is 4.98 Å². The molecule has 0 spiro atoms. The summed E-state index contributed by atoms with van der Waals surface area (Å²) < 4.78 is 0. The summed E-state index contributed by atoms with van der Waals surface area (Å²) in [6.07, 6.45) is 5.97. The molecule has 0 saturated heterocycles. The predicted octanol–water partition coefficient (Wildman–Crippen LogP) is 3.84. The number of hydrogen-bond donors (Lipinski definition) is 0. The fraction of sp³-hybridized carbons (Fsp3) is 0.0833. The van der Waals surface area contributed by atoms with E-state index in [-0.39, 0.29) is 0 Å². The number of hydrogen-bond acceptors (Lipinski definition) is 2. The molecule has 2 heterocycles. The molecule has 2 heteroatoms. The van der Waals surface area contributed by atoms with Gasteiger partial charge in [-0.3, -0.25) is 4.98 Å². The van der Waals surface area contributed by atoms with Gasteiger partial charge in [-0.2, -0.15) is 0 Å². The van der Waals surface area contributed by atoms with Crippen molar-refractivity contribution in [2.45, 2.75) is 6.92 Å². The molecule has 0 aliphatic carbocycles. The zero-order valence-electron chi connectivity index (χ0n) is 7.97. The van der Waals surface area contributed by atoms with Crippen LogP contribution in [0.15, 0.2) is 41.9 Å². The van der Waals surface area contributed by atoms with Gasteiger partial charge in [-0.05, 0) is 36.1 Å². The Bertz CT molecular complexity index is 429. The van der Waals surface area contributed by atoms with E-state index in [2.05, 4.69) is 22.5 Å². The van der Waals surface area contributed by atoms with Gasteiger partial charge in [0.1, 0.15) is 0 Å². The van der Waals surface area contributed by atoms with E-state index in [1.54, 1.807) is 11.3 Å². The van der Waals surface area contributed by atoms with Crippen LogP contribution in [0, 0.1) is 0 Å². The summed E-state index contributed by atoms with van der Waals surface area (Å²) in [5.41, 5.74) is 2.30. The molecule has 70 valence electrons. The van der Waals surface area contributed by atoms with Crippen LogP contribution in [0.1, 0.15) is 12.5 Å². The molecular weight excluding hydrogens is 190 g/mol. The SMILES string of the molecule is C/C=C/c1csc(-c2ccccn2)c1. The lowest BCUT2D eigenvalue weighted by molar-refractivity contribution is 1.34. The molecule has 0 bridgehead atoms. The highest BCUT2D eigenvalue weighted by molar-refractivity contribution is 7.13. The lowest BCUT2D eigenvalue weighted by Crippen LogP contribution is -1.75. The van der Waals surface area contributed by atoms with Crippen LogP contribution >= 0.6 is 11.3 Å². The molecule has 0 N–H and O–H groups in total. The molecular formula is C12H11NS. The molecule has 14 heavy (non-hydrogen) atoms. The Morgan fingerprint density at radius 3 is 3.00 bits per heavy atom. The van der Waals surface area contributed by atoms with Gasteiger partial charge in [0.2, 0.25) is 0 Å². The van der Waals surface area contributed by atoms with Crippen molar-refractivity contribution in [3.63, 3.8) is 0 Å². The summed E-state index contributed by atoms with van der Waals surface area (Å²) in [5.74, 6) is 0. The van der Waals surface area contributed by atoms with Crippen LogP contribution in [0.5, 0.6) is 0 Å². The van der Waals surface area contributed by atoms with E-state index < -0.39 is 0 Å². The number of pyridine rings is 1. The maximum absolute atomic E-state index is 4.31. The highest BCUT2D eigenvalue weighted by Gasteiger charge is 2.00. The topological polar surface area (TPSA) is 12.9 Å². The minimum Gasteiger partial charge on any atom is -0.255 e. The van der Waals surface area contributed by atoms with E-state index in [9.17, 15) is 0 Å². The minimum atomic E-state index is 1.05. The number of aromatic nitrogens is 1. The van der Waals surface area contributed by atoms with Gasteiger partial charge in [0, 0.05) is 6.20 Å². The first-order valence-electron chi connectivity index (χ1n) is 4.53. The van der Waals surface area contributed by atoms with Crippen LogP contribution in [0.4, 0.5) is 0 Å². The van der Waals surface area contributed by atoms with Crippen molar-refractivity contribution < 1.29 is 0 Å². The lowest BCUT2D eigenvalue weighted by Gasteiger charge is -1.92. The molecule has 0 aromatic carbocycles. The van der Waals surface area contributed by atoms with E-state index in [1.165, 1.54) is 10.4 Å². The van der Waals surface area contributed by atoms with Crippen LogP contribution in [-0.2, 0) is 0 Å². The average molecular weight is 201 g/mol. The molecule has 0 radical (unpaired) electrons. The second-order valence-corrected chi connectivity index (χ2v) is 3.87. The van der Waals surface area contributed by atoms with Crippen molar-refractivity contribution >= 4 is 17.4 Å². The van der Waals surface area contributed by atoms with Gasteiger partial charge in [-0.25, -0.2) is 0 Å². The van der Waals surface area contributed by atoms with Crippen molar-refractivity contribution in [3.05, 3.63) is 47.5 Å². The van der Waals surface area contributed by atoms with Crippen molar-refractivity contribution in [2.24, 2.45) is 0 Å². The van der Waals surface area contributed by atoms with Gasteiger partial charge in [0.05, 0.1) is 10.6 Å². The first kappa shape index (κ1) is 9.16. The van der Waals surface area contributed by atoms with Gasteiger partial charge >= 0.3 is 0 Å². The van der Waals surface area contributed by atoms with Crippen LogP contribution in [0.2, 0.25) is 0 Å². The highest BCUT2D eigenvalue weighted by atomic mass is 32.1. The maximum atomic E-state index is 4.31. The summed E-state index contributed by atoms with van der Waals surface area (Å²) in [4.78, 5) is 5.53. The van der Waals surface area contributed by atoms with E-state index in [0.29, 0.717) is 0 Å². The summed E-state index contributed by atoms with van der Waals surface area (Å²) in [5, 5.41) is 2.14. The van der Waals surface area contributed by atoms with Crippen LogP contribution < -0.4 is 0 Å². The smallest absolute Gasteiger partial charge is 0.0801 e. The van der Waals surface area contributed by atoms with Crippen LogP contribution in [0.3, 0.4) is 0 Å². The monoisotopic (exact) mass is 201 g/mol. The molecule has 0 fully saturated rings. The van der Waals surface area contributed by atoms with Gasteiger partial charge in [0.25, 0.3) is 0 Å². The van der Waals surface area contributed by atoms with Gasteiger partial charge in [-0.15, -0.1) is 11.3 Å². The highest BCUT2D eigenvalue weighted by Crippen LogP contribution is 2.25. The first-order valence-corrected chi connectivity index (χ1v) is 5.41. The Morgan fingerprint density at radius 1 is 1.36 bits per heavy atom. The summed E-state index contributed by atoms with van der Waals surface area (Å²) in [6.45, 7) is 2.03. The quantitative estimate of drug-likeness (QED) is 0.719. The van der Waals surface area contributed by atoms with Gasteiger partial charge in [-0.1, -0.05) is 18.2 Å². The lowest BCUT2D eigenvalue weighted by atomic mass is 10.2. The second-order valence-electron chi connectivity index (χ2n) is 2.96. The fourth-order valence-electron chi connectivity index (χ4n) is 1.27. The Hall–Kier alpha value is -1.41. The minimum absolute atomic E-state index is 1.05. The summed E-state index contributed by atoms with van der Waals surface area (Å²) >= 11 is 1.73. The summed E-state index contributed by atoms with van der Waals surface area (Å²) in [7, 11) is 0. The average Bonchev–Trinajstić information content (AvgIpc) is 2.68. The van der Waals surface area contributed by atoms with Gasteiger partial charge in [0.15, 0.2) is 0 Å². The van der Waals surface area contributed by atoms with E-state index >= 15 is 0 Å². The molecule has 2 aromatic rings. The Labute approximate surface area is 87.8 Å². The first-order chi connectivity index (χ1) is 6.90. The Morgan fingerprint density at radius 2 is 2.29 bits per heavy atom. The Balaban J connectivity index is 2.34. The third kappa shape index (κ3) is 1.91. The zero-order chi connectivity index (χ0) is 9.80. The Kier molecular flexibility index (Phi) is 2.75. The molecule has 0 saturated carbocycles. The molecule has 2 rings (SSSR count). The standard InChI is InChI=1S/C12H11NS/c1-2-5-10-8-12(14-9-10)11-6-3-4-7-13-11/h2-9H,1H3/b5-2+. The normalized spacial score (nSPS) is 10.9. The number of thiophene rings is 1. The van der Waals surface area contributed by atoms with Crippen molar-refractivity contribution in [1.29, 1.82) is 0 Å². The maximum Gasteiger partial charge on any atom is 0.0801 e. The molecule has 0 aliphatic heterocycles. The van der Waals surface area contributed by atoms with Crippen molar-refractivity contribution in [3.8, 4) is 10.6 Å². The van der Waals surface area contributed by atoms with Gasteiger partial charge < -0.3 is 0 Å². The predicted molar refractivity (Wildman–Crippen MR) is 62.3 cm³/mol. The van der Waals surface area contributed by atoms with Crippen molar-refractivity contribution in [2.75, 3.05) is 0 Å².